The van der Waals surface area contributed by atoms with Gasteiger partial charge in [0.05, 0.1) is 4.90 Å². The SMILES string of the molecule is CCCc1ccccc1S(=O)(=O)Nc1ccc2c(c1)CN(C)C(=O)N2. The molecule has 3 rings (SSSR count). The lowest BCUT2D eigenvalue weighted by atomic mass is 10.1. The van der Waals surface area contributed by atoms with E-state index in [1.807, 2.05) is 19.1 Å². The van der Waals surface area contributed by atoms with E-state index < -0.39 is 10.0 Å². The van der Waals surface area contributed by atoms with Crippen LogP contribution in [0.25, 0.3) is 0 Å². The minimum atomic E-state index is -3.67. The zero-order valence-corrected chi connectivity index (χ0v) is 15.1. The van der Waals surface area contributed by atoms with Crippen molar-refractivity contribution in [2.24, 2.45) is 0 Å². The standard InChI is InChI=1S/C18H21N3O3S/c1-3-6-13-7-4-5-8-17(13)25(23,24)20-15-9-10-16-14(11-15)12-21(2)18(22)19-16/h4-5,7-11,20H,3,6,12H2,1-2H3,(H,19,22). The van der Waals surface area contributed by atoms with E-state index in [0.29, 0.717) is 29.2 Å². The van der Waals surface area contributed by atoms with Crippen LogP contribution < -0.4 is 10.0 Å². The van der Waals surface area contributed by atoms with Crippen molar-refractivity contribution in [1.82, 2.24) is 4.90 Å². The van der Waals surface area contributed by atoms with Crippen molar-refractivity contribution in [1.29, 1.82) is 0 Å². The van der Waals surface area contributed by atoms with Crippen molar-refractivity contribution in [2.45, 2.75) is 31.2 Å². The summed E-state index contributed by atoms with van der Waals surface area (Å²) >= 11 is 0. The highest BCUT2D eigenvalue weighted by Gasteiger charge is 2.21. The number of benzene rings is 2. The molecule has 1 heterocycles. The molecule has 2 amide bonds. The van der Waals surface area contributed by atoms with Gasteiger partial charge in [-0.05, 0) is 41.8 Å². The Morgan fingerprint density at radius 3 is 2.72 bits per heavy atom. The van der Waals surface area contributed by atoms with Crippen LogP contribution >= 0.6 is 0 Å². The van der Waals surface area contributed by atoms with Gasteiger partial charge in [-0.1, -0.05) is 31.5 Å². The lowest BCUT2D eigenvalue weighted by Gasteiger charge is -2.26. The number of nitrogens with one attached hydrogen (secondary N) is 2. The number of rotatable bonds is 5. The number of aryl methyl sites for hydroxylation is 1. The first kappa shape index (κ1) is 17.3. The molecule has 0 saturated heterocycles. The Kier molecular flexibility index (Phi) is 4.67. The largest absolute Gasteiger partial charge is 0.323 e. The van der Waals surface area contributed by atoms with Gasteiger partial charge in [0.25, 0.3) is 10.0 Å². The topological polar surface area (TPSA) is 78.5 Å². The van der Waals surface area contributed by atoms with Gasteiger partial charge in [-0.3, -0.25) is 4.72 Å². The Hall–Kier alpha value is -2.54. The minimum Gasteiger partial charge on any atom is -0.323 e. The molecule has 0 radical (unpaired) electrons. The quantitative estimate of drug-likeness (QED) is 0.858. The zero-order valence-electron chi connectivity index (χ0n) is 14.2. The number of hydrogen-bond acceptors (Lipinski definition) is 3. The molecule has 0 aromatic heterocycles. The van der Waals surface area contributed by atoms with Crippen LogP contribution in [0.4, 0.5) is 16.2 Å². The van der Waals surface area contributed by atoms with Crippen molar-refractivity contribution in [3.8, 4) is 0 Å². The van der Waals surface area contributed by atoms with Crippen molar-refractivity contribution in [2.75, 3.05) is 17.1 Å². The normalized spacial score (nSPS) is 14.0. The Labute approximate surface area is 147 Å². The molecular formula is C18H21N3O3S. The molecule has 0 aliphatic carbocycles. The van der Waals surface area contributed by atoms with E-state index in [0.717, 1.165) is 17.5 Å². The summed E-state index contributed by atoms with van der Waals surface area (Å²) in [5, 5.41) is 2.77. The summed E-state index contributed by atoms with van der Waals surface area (Å²) in [4.78, 5) is 13.5. The summed E-state index contributed by atoms with van der Waals surface area (Å²) in [6.07, 6.45) is 1.58. The third-order valence-corrected chi connectivity index (χ3v) is 5.62. The van der Waals surface area contributed by atoms with E-state index in [-0.39, 0.29) is 6.03 Å². The van der Waals surface area contributed by atoms with Gasteiger partial charge in [0.2, 0.25) is 0 Å². The average Bonchev–Trinajstić information content (AvgIpc) is 2.56. The number of carbonyl (C=O) groups is 1. The summed E-state index contributed by atoms with van der Waals surface area (Å²) in [5.41, 5.74) is 2.86. The Bertz CT molecular complexity index is 910. The first-order chi connectivity index (χ1) is 11.9. The van der Waals surface area contributed by atoms with E-state index in [1.54, 1.807) is 37.4 Å². The third-order valence-electron chi connectivity index (χ3n) is 4.13. The van der Waals surface area contributed by atoms with Gasteiger partial charge in [-0.25, -0.2) is 13.2 Å². The maximum absolute atomic E-state index is 12.8. The fourth-order valence-electron chi connectivity index (χ4n) is 2.90. The molecule has 0 fully saturated rings. The smallest absolute Gasteiger partial charge is 0.321 e. The summed E-state index contributed by atoms with van der Waals surface area (Å²) in [6.45, 7) is 2.45. The molecule has 1 aliphatic rings. The number of amides is 2. The van der Waals surface area contributed by atoms with E-state index in [4.69, 9.17) is 0 Å². The summed E-state index contributed by atoms with van der Waals surface area (Å²) < 4.78 is 28.2. The molecule has 132 valence electrons. The lowest BCUT2D eigenvalue weighted by molar-refractivity contribution is 0.218. The molecule has 1 aliphatic heterocycles. The van der Waals surface area contributed by atoms with Crippen LogP contribution in [0.5, 0.6) is 0 Å². The van der Waals surface area contributed by atoms with Crippen LogP contribution in [0.2, 0.25) is 0 Å². The van der Waals surface area contributed by atoms with Crippen molar-refractivity contribution in [3.05, 3.63) is 53.6 Å². The fraction of sp³-hybridized carbons (Fsp3) is 0.278. The predicted molar refractivity (Wildman–Crippen MR) is 98.2 cm³/mol. The van der Waals surface area contributed by atoms with E-state index in [9.17, 15) is 13.2 Å². The van der Waals surface area contributed by atoms with Gasteiger partial charge in [0.15, 0.2) is 0 Å². The molecule has 0 bridgehead atoms. The minimum absolute atomic E-state index is 0.172. The number of sulfonamides is 1. The van der Waals surface area contributed by atoms with E-state index in [1.165, 1.54) is 4.90 Å². The molecule has 0 spiro atoms. The molecule has 0 unspecified atom stereocenters. The molecule has 2 aromatic carbocycles. The molecule has 6 nitrogen and oxygen atoms in total. The second-order valence-electron chi connectivity index (χ2n) is 6.12. The van der Waals surface area contributed by atoms with Crippen LogP contribution in [0.1, 0.15) is 24.5 Å². The van der Waals surface area contributed by atoms with Crippen LogP contribution in [0, 0.1) is 0 Å². The first-order valence-corrected chi connectivity index (χ1v) is 9.65. The van der Waals surface area contributed by atoms with Gasteiger partial charge < -0.3 is 10.2 Å². The predicted octanol–water partition coefficient (Wildman–Crippen LogP) is 3.42. The molecule has 0 atom stereocenters. The summed E-state index contributed by atoms with van der Waals surface area (Å²) in [7, 11) is -1.98. The number of nitrogens with zero attached hydrogens (tertiary/aromatic N) is 1. The fourth-order valence-corrected chi connectivity index (χ4v) is 4.22. The Morgan fingerprint density at radius 2 is 1.96 bits per heavy atom. The van der Waals surface area contributed by atoms with Crippen molar-refractivity contribution >= 4 is 27.4 Å². The van der Waals surface area contributed by atoms with E-state index >= 15 is 0 Å². The molecule has 0 saturated carbocycles. The Morgan fingerprint density at radius 1 is 1.20 bits per heavy atom. The second-order valence-corrected chi connectivity index (χ2v) is 7.77. The van der Waals surface area contributed by atoms with Gasteiger partial charge in [0.1, 0.15) is 0 Å². The third kappa shape index (κ3) is 3.61. The number of fused-ring (bicyclic) bond motifs is 1. The summed E-state index contributed by atoms with van der Waals surface area (Å²) in [5.74, 6) is 0. The van der Waals surface area contributed by atoms with Gasteiger partial charge in [-0.2, -0.15) is 0 Å². The van der Waals surface area contributed by atoms with E-state index in [2.05, 4.69) is 10.0 Å². The molecule has 7 heteroatoms. The molecule has 2 aromatic rings. The number of urea groups is 1. The zero-order chi connectivity index (χ0) is 18.0. The highest BCUT2D eigenvalue weighted by molar-refractivity contribution is 7.92. The van der Waals surface area contributed by atoms with Crippen molar-refractivity contribution in [3.63, 3.8) is 0 Å². The highest BCUT2D eigenvalue weighted by atomic mass is 32.2. The maximum Gasteiger partial charge on any atom is 0.321 e. The Balaban J connectivity index is 1.90. The average molecular weight is 359 g/mol. The van der Waals surface area contributed by atoms with Crippen LogP contribution in [0.3, 0.4) is 0 Å². The maximum atomic E-state index is 12.8. The summed E-state index contributed by atoms with van der Waals surface area (Å²) in [6, 6.07) is 12.0. The van der Waals surface area contributed by atoms with Crippen LogP contribution in [-0.4, -0.2) is 26.4 Å². The highest BCUT2D eigenvalue weighted by Crippen LogP contribution is 2.27. The molecular weight excluding hydrogens is 338 g/mol. The van der Waals surface area contributed by atoms with Gasteiger partial charge >= 0.3 is 6.03 Å². The first-order valence-electron chi connectivity index (χ1n) is 8.16. The van der Waals surface area contributed by atoms with Crippen LogP contribution in [0.15, 0.2) is 47.4 Å². The van der Waals surface area contributed by atoms with Gasteiger partial charge in [-0.15, -0.1) is 0 Å². The van der Waals surface area contributed by atoms with Crippen LogP contribution in [-0.2, 0) is 23.0 Å². The number of hydrogen-bond donors (Lipinski definition) is 2. The van der Waals surface area contributed by atoms with Gasteiger partial charge in [0, 0.05) is 25.0 Å². The molecule has 25 heavy (non-hydrogen) atoms. The monoisotopic (exact) mass is 359 g/mol. The van der Waals surface area contributed by atoms with Crippen molar-refractivity contribution < 1.29 is 13.2 Å². The second kappa shape index (κ2) is 6.76. The number of anilines is 2. The lowest BCUT2D eigenvalue weighted by Crippen LogP contribution is -2.35. The molecule has 2 N–H and O–H groups in total. The number of carbonyl (C=O) groups excluding carboxylic acids is 1.